The highest BCUT2D eigenvalue weighted by Gasteiger charge is 2.14. The van der Waals surface area contributed by atoms with E-state index in [1.54, 1.807) is 0 Å². The molecule has 4 N–H and O–H groups in total. The fourth-order valence-corrected chi connectivity index (χ4v) is 2.38. The number of morpholine rings is 1. The van der Waals surface area contributed by atoms with E-state index in [0.717, 1.165) is 39.3 Å². The second-order valence-corrected chi connectivity index (χ2v) is 5.46. The van der Waals surface area contributed by atoms with Gasteiger partial charge < -0.3 is 20.9 Å². The van der Waals surface area contributed by atoms with Crippen LogP contribution < -0.4 is 11.1 Å². The average molecular weight is 434 g/mol. The third kappa shape index (κ3) is 8.50. The van der Waals surface area contributed by atoms with Gasteiger partial charge in [0, 0.05) is 26.2 Å². The van der Waals surface area contributed by atoms with Crippen LogP contribution in [0.4, 0.5) is 0 Å². The summed E-state index contributed by atoms with van der Waals surface area (Å²) in [6.45, 7) is 4.88. The van der Waals surface area contributed by atoms with Crippen LogP contribution in [0.15, 0.2) is 35.3 Å². The third-order valence-electron chi connectivity index (χ3n) is 3.61. The van der Waals surface area contributed by atoms with Crippen molar-refractivity contribution in [3.63, 3.8) is 0 Å². The maximum absolute atomic E-state index is 9.98. The van der Waals surface area contributed by atoms with Gasteiger partial charge in [-0.3, -0.25) is 9.89 Å². The van der Waals surface area contributed by atoms with E-state index in [-0.39, 0.29) is 24.0 Å². The van der Waals surface area contributed by atoms with E-state index in [2.05, 4.69) is 27.3 Å². The molecule has 7 heteroatoms. The molecule has 2 rings (SSSR count). The van der Waals surface area contributed by atoms with Crippen LogP contribution in [0.2, 0.25) is 0 Å². The molecule has 1 aliphatic rings. The number of aliphatic hydroxyl groups is 1. The molecule has 0 radical (unpaired) electrons. The van der Waals surface area contributed by atoms with E-state index >= 15 is 0 Å². The third-order valence-corrected chi connectivity index (χ3v) is 3.61. The van der Waals surface area contributed by atoms with Gasteiger partial charge in [-0.2, -0.15) is 0 Å². The minimum Gasteiger partial charge on any atom is -0.390 e. The molecule has 1 atom stereocenters. The Labute approximate surface area is 155 Å². The van der Waals surface area contributed by atoms with Crippen molar-refractivity contribution in [3.05, 3.63) is 35.9 Å². The molecule has 0 aliphatic carbocycles. The number of hydrogen-bond acceptors (Lipinski definition) is 4. The monoisotopic (exact) mass is 434 g/mol. The van der Waals surface area contributed by atoms with Gasteiger partial charge in [0.2, 0.25) is 0 Å². The molecule has 0 bridgehead atoms. The highest BCUT2D eigenvalue weighted by atomic mass is 127. The normalized spacial score (nSPS) is 17.3. The number of nitrogens with one attached hydrogen (secondary N) is 1. The van der Waals surface area contributed by atoms with E-state index < -0.39 is 6.10 Å². The Balaban J connectivity index is 0.00000264. The van der Waals surface area contributed by atoms with Crippen LogP contribution in [0.1, 0.15) is 5.56 Å². The number of halogens is 1. The van der Waals surface area contributed by atoms with Crippen molar-refractivity contribution in [2.45, 2.75) is 12.5 Å². The van der Waals surface area contributed by atoms with Crippen LogP contribution in [-0.2, 0) is 11.2 Å². The summed E-state index contributed by atoms with van der Waals surface area (Å²) < 4.78 is 5.28. The maximum Gasteiger partial charge on any atom is 0.188 e. The first-order valence-corrected chi connectivity index (χ1v) is 7.80. The number of guanidine groups is 1. The Kier molecular flexibility index (Phi) is 10.2. The maximum atomic E-state index is 9.98. The first-order valence-electron chi connectivity index (χ1n) is 7.80. The number of nitrogens with zero attached hydrogens (tertiary/aromatic N) is 2. The molecule has 1 fully saturated rings. The van der Waals surface area contributed by atoms with Crippen molar-refractivity contribution >= 4 is 29.9 Å². The second kappa shape index (κ2) is 11.6. The van der Waals surface area contributed by atoms with Gasteiger partial charge in [0.05, 0.1) is 25.9 Å². The van der Waals surface area contributed by atoms with Crippen molar-refractivity contribution in [1.82, 2.24) is 10.2 Å². The lowest BCUT2D eigenvalue weighted by Gasteiger charge is -2.28. The van der Waals surface area contributed by atoms with Crippen LogP contribution in [0.25, 0.3) is 0 Å². The van der Waals surface area contributed by atoms with Crippen molar-refractivity contribution in [3.8, 4) is 0 Å². The fraction of sp³-hybridized carbons (Fsp3) is 0.562. The Morgan fingerprint density at radius 1 is 1.30 bits per heavy atom. The van der Waals surface area contributed by atoms with Crippen molar-refractivity contribution in [2.24, 2.45) is 10.7 Å². The first-order chi connectivity index (χ1) is 10.7. The summed E-state index contributed by atoms with van der Waals surface area (Å²) in [6, 6.07) is 10.2. The molecule has 6 nitrogen and oxygen atoms in total. The second-order valence-electron chi connectivity index (χ2n) is 5.46. The summed E-state index contributed by atoms with van der Waals surface area (Å²) in [5, 5.41) is 13.1. The molecular formula is C16H27IN4O2. The molecule has 0 spiro atoms. The molecule has 1 aromatic carbocycles. The molecular weight excluding hydrogens is 407 g/mol. The van der Waals surface area contributed by atoms with Crippen LogP contribution >= 0.6 is 24.0 Å². The molecule has 0 aromatic heterocycles. The molecule has 130 valence electrons. The van der Waals surface area contributed by atoms with Crippen LogP contribution in [-0.4, -0.2) is 68.0 Å². The van der Waals surface area contributed by atoms with Crippen LogP contribution in [0.3, 0.4) is 0 Å². The topological polar surface area (TPSA) is 83.1 Å². The molecule has 1 aromatic rings. The highest BCUT2D eigenvalue weighted by Crippen LogP contribution is 1.99. The SMILES string of the molecule is I.NC(=NCC(O)CN1CCOCC1)NCCc1ccccc1. The highest BCUT2D eigenvalue weighted by molar-refractivity contribution is 14.0. The molecule has 1 unspecified atom stereocenters. The van der Waals surface area contributed by atoms with Crippen molar-refractivity contribution in [2.75, 3.05) is 45.9 Å². The molecule has 0 amide bonds. The average Bonchev–Trinajstić information content (AvgIpc) is 2.55. The number of hydrogen-bond donors (Lipinski definition) is 3. The zero-order valence-electron chi connectivity index (χ0n) is 13.4. The Morgan fingerprint density at radius 3 is 2.70 bits per heavy atom. The van der Waals surface area contributed by atoms with Gasteiger partial charge in [-0.05, 0) is 12.0 Å². The number of ether oxygens (including phenoxy) is 1. The summed E-state index contributed by atoms with van der Waals surface area (Å²) in [5.41, 5.74) is 7.07. The van der Waals surface area contributed by atoms with E-state index in [0.29, 0.717) is 19.0 Å². The summed E-state index contributed by atoms with van der Waals surface area (Å²) in [6.07, 6.45) is 0.403. The summed E-state index contributed by atoms with van der Waals surface area (Å²) in [5.74, 6) is 0.386. The number of β-amino-alcohol motifs (C(OH)–C–C–N with tert-alkyl or cyclic N) is 1. The van der Waals surface area contributed by atoms with E-state index in [1.165, 1.54) is 5.56 Å². The fourth-order valence-electron chi connectivity index (χ4n) is 2.38. The summed E-state index contributed by atoms with van der Waals surface area (Å²) in [4.78, 5) is 6.38. The number of rotatable bonds is 7. The van der Waals surface area contributed by atoms with Gasteiger partial charge in [-0.15, -0.1) is 24.0 Å². The molecule has 23 heavy (non-hydrogen) atoms. The minimum atomic E-state index is -0.493. The van der Waals surface area contributed by atoms with E-state index in [9.17, 15) is 5.11 Å². The lowest BCUT2D eigenvalue weighted by molar-refractivity contribution is 0.0165. The smallest absolute Gasteiger partial charge is 0.188 e. The van der Waals surface area contributed by atoms with E-state index in [4.69, 9.17) is 10.5 Å². The lowest BCUT2D eigenvalue weighted by atomic mass is 10.1. The van der Waals surface area contributed by atoms with Gasteiger partial charge in [-0.1, -0.05) is 30.3 Å². The number of aliphatic imine (C=N–C) groups is 1. The van der Waals surface area contributed by atoms with Crippen LogP contribution in [0.5, 0.6) is 0 Å². The molecule has 1 saturated heterocycles. The first kappa shape index (κ1) is 20.1. The predicted octanol–water partition coefficient (Wildman–Crippen LogP) is 0.445. The Bertz CT molecular complexity index is 453. The Hall–Kier alpha value is -0.900. The Morgan fingerprint density at radius 2 is 2.00 bits per heavy atom. The van der Waals surface area contributed by atoms with Gasteiger partial charge in [-0.25, -0.2) is 0 Å². The number of aliphatic hydroxyl groups excluding tert-OH is 1. The van der Waals surface area contributed by atoms with Gasteiger partial charge >= 0.3 is 0 Å². The predicted molar refractivity (Wildman–Crippen MR) is 103 cm³/mol. The van der Waals surface area contributed by atoms with Crippen molar-refractivity contribution < 1.29 is 9.84 Å². The zero-order chi connectivity index (χ0) is 15.6. The minimum absolute atomic E-state index is 0. The molecule has 1 aliphatic heterocycles. The van der Waals surface area contributed by atoms with E-state index in [1.807, 2.05) is 18.2 Å². The zero-order valence-corrected chi connectivity index (χ0v) is 15.7. The van der Waals surface area contributed by atoms with Crippen LogP contribution in [0, 0.1) is 0 Å². The summed E-state index contributed by atoms with van der Waals surface area (Å²) in [7, 11) is 0. The molecule has 0 saturated carbocycles. The summed E-state index contributed by atoms with van der Waals surface area (Å²) >= 11 is 0. The van der Waals surface area contributed by atoms with Gasteiger partial charge in [0.1, 0.15) is 0 Å². The number of nitrogens with two attached hydrogens (primary N) is 1. The van der Waals surface area contributed by atoms with Gasteiger partial charge in [0.25, 0.3) is 0 Å². The van der Waals surface area contributed by atoms with Crippen molar-refractivity contribution in [1.29, 1.82) is 0 Å². The standard InChI is InChI=1S/C16H26N4O2.HI/c17-16(18-7-6-14-4-2-1-3-5-14)19-12-15(21)13-20-8-10-22-11-9-20;/h1-5,15,21H,6-13H2,(H3,17,18,19);1H. The van der Waals surface area contributed by atoms with Gasteiger partial charge in [0.15, 0.2) is 5.96 Å². The molecule has 1 heterocycles. The quantitative estimate of drug-likeness (QED) is 0.330. The largest absolute Gasteiger partial charge is 0.390 e. The number of benzene rings is 1. The lowest BCUT2D eigenvalue weighted by Crippen LogP contribution is -2.42.